The number of hydrogen-bond acceptors (Lipinski definition) is 2. The summed E-state index contributed by atoms with van der Waals surface area (Å²) in [6.45, 7) is 6.14. The number of rotatable bonds is 2. The second-order valence-electron chi connectivity index (χ2n) is 6.65. The van der Waals surface area contributed by atoms with Crippen molar-refractivity contribution in [1.29, 1.82) is 0 Å². The van der Waals surface area contributed by atoms with Gasteiger partial charge in [0.15, 0.2) is 0 Å². The van der Waals surface area contributed by atoms with Crippen molar-refractivity contribution in [2.45, 2.75) is 39.7 Å². The van der Waals surface area contributed by atoms with E-state index in [-0.39, 0.29) is 11.9 Å². The van der Waals surface area contributed by atoms with Crippen LogP contribution in [0.5, 0.6) is 0 Å². The van der Waals surface area contributed by atoms with Crippen LogP contribution in [0.1, 0.15) is 29.4 Å². The number of nitrogens with zero attached hydrogens (tertiary/aromatic N) is 3. The number of anilines is 1. The maximum atomic E-state index is 13.1. The third kappa shape index (κ3) is 2.21. The number of amides is 1. The highest BCUT2D eigenvalue weighted by atomic mass is 16.2. The van der Waals surface area contributed by atoms with Crippen molar-refractivity contribution >= 4 is 17.2 Å². The lowest BCUT2D eigenvalue weighted by atomic mass is 10.1. The van der Waals surface area contributed by atoms with E-state index < -0.39 is 0 Å². The van der Waals surface area contributed by atoms with Gasteiger partial charge in [-0.1, -0.05) is 24.3 Å². The fourth-order valence-electron chi connectivity index (χ4n) is 3.75. The normalized spacial score (nSPS) is 16.6. The molecule has 1 aliphatic heterocycles. The molecule has 2 aromatic heterocycles. The van der Waals surface area contributed by atoms with Gasteiger partial charge in [-0.05, 0) is 50.5 Å². The van der Waals surface area contributed by atoms with Gasteiger partial charge in [-0.2, -0.15) is 0 Å². The van der Waals surface area contributed by atoms with E-state index in [4.69, 9.17) is 0 Å². The summed E-state index contributed by atoms with van der Waals surface area (Å²) in [5.41, 5.74) is 6.28. The number of para-hydroxylation sites is 1. The third-order valence-corrected chi connectivity index (χ3v) is 4.94. The molecule has 4 rings (SSSR count). The third-order valence-electron chi connectivity index (χ3n) is 4.94. The van der Waals surface area contributed by atoms with Crippen LogP contribution in [0, 0.1) is 13.8 Å². The lowest BCUT2D eigenvalue weighted by Crippen LogP contribution is -2.37. The number of carbonyl (C=O) groups is 1. The molecule has 0 saturated heterocycles. The molecule has 0 saturated carbocycles. The van der Waals surface area contributed by atoms with Gasteiger partial charge in [-0.15, -0.1) is 0 Å². The highest BCUT2D eigenvalue weighted by Gasteiger charge is 2.31. The standard InChI is InChI=1S/C20H21N3O/c1-13-7-6-10-22-18(15(3)21-20(13)22)12-19(24)23-14(2)11-16-8-4-5-9-17(16)23/h4-10,14H,11-12H2,1-3H3. The molecule has 0 spiro atoms. The summed E-state index contributed by atoms with van der Waals surface area (Å²) in [7, 11) is 0. The molecule has 24 heavy (non-hydrogen) atoms. The van der Waals surface area contributed by atoms with Crippen LogP contribution in [0.3, 0.4) is 0 Å². The number of aromatic nitrogens is 2. The van der Waals surface area contributed by atoms with Crippen molar-refractivity contribution in [2.24, 2.45) is 0 Å². The fraction of sp³-hybridized carbons (Fsp3) is 0.300. The number of hydrogen-bond donors (Lipinski definition) is 0. The van der Waals surface area contributed by atoms with Crippen molar-refractivity contribution in [2.75, 3.05) is 4.90 Å². The summed E-state index contributed by atoms with van der Waals surface area (Å²) in [6, 6.07) is 12.5. The molecular formula is C20H21N3O. The van der Waals surface area contributed by atoms with Gasteiger partial charge in [0, 0.05) is 17.9 Å². The molecule has 1 aromatic carbocycles. The van der Waals surface area contributed by atoms with E-state index in [1.165, 1.54) is 5.56 Å². The van der Waals surface area contributed by atoms with Gasteiger partial charge in [0.1, 0.15) is 5.65 Å². The zero-order valence-corrected chi connectivity index (χ0v) is 14.3. The Morgan fingerprint density at radius 1 is 1.21 bits per heavy atom. The lowest BCUT2D eigenvalue weighted by molar-refractivity contribution is -0.118. The number of pyridine rings is 1. The Hall–Kier alpha value is -2.62. The molecule has 4 heteroatoms. The summed E-state index contributed by atoms with van der Waals surface area (Å²) >= 11 is 0. The van der Waals surface area contributed by atoms with E-state index in [1.807, 2.05) is 55.3 Å². The van der Waals surface area contributed by atoms with Gasteiger partial charge in [0.25, 0.3) is 0 Å². The molecule has 1 atom stereocenters. The first-order valence-electron chi connectivity index (χ1n) is 8.39. The van der Waals surface area contributed by atoms with E-state index >= 15 is 0 Å². The second kappa shape index (κ2) is 5.48. The first-order chi connectivity index (χ1) is 11.6. The van der Waals surface area contributed by atoms with E-state index in [2.05, 4.69) is 22.4 Å². The topological polar surface area (TPSA) is 37.6 Å². The predicted molar refractivity (Wildman–Crippen MR) is 95.5 cm³/mol. The van der Waals surface area contributed by atoms with E-state index in [9.17, 15) is 4.79 Å². The smallest absolute Gasteiger partial charge is 0.233 e. The summed E-state index contributed by atoms with van der Waals surface area (Å²) in [6.07, 6.45) is 3.29. The zero-order valence-electron chi connectivity index (χ0n) is 14.3. The Kier molecular flexibility index (Phi) is 3.41. The Bertz CT molecular complexity index is 941. The van der Waals surface area contributed by atoms with Crippen molar-refractivity contribution in [1.82, 2.24) is 9.38 Å². The number of imidazole rings is 1. The minimum atomic E-state index is 0.138. The van der Waals surface area contributed by atoms with Crippen molar-refractivity contribution in [3.05, 3.63) is 65.1 Å². The lowest BCUT2D eigenvalue weighted by Gasteiger charge is -2.22. The van der Waals surface area contributed by atoms with E-state index in [0.29, 0.717) is 6.42 Å². The molecule has 122 valence electrons. The fourth-order valence-corrected chi connectivity index (χ4v) is 3.75. The molecular weight excluding hydrogens is 298 g/mol. The maximum absolute atomic E-state index is 13.1. The van der Waals surface area contributed by atoms with Crippen LogP contribution in [0.25, 0.3) is 5.65 Å². The molecule has 0 aliphatic carbocycles. The molecule has 1 aliphatic rings. The summed E-state index contributed by atoms with van der Waals surface area (Å²) in [5.74, 6) is 0.138. The summed E-state index contributed by atoms with van der Waals surface area (Å²) in [5, 5.41) is 0. The van der Waals surface area contributed by atoms with E-state index in [0.717, 1.165) is 34.7 Å². The van der Waals surface area contributed by atoms with Gasteiger partial charge in [0.05, 0.1) is 17.8 Å². The minimum absolute atomic E-state index is 0.138. The van der Waals surface area contributed by atoms with Crippen LogP contribution in [-0.4, -0.2) is 21.3 Å². The van der Waals surface area contributed by atoms with Crippen LogP contribution in [0.4, 0.5) is 5.69 Å². The number of fused-ring (bicyclic) bond motifs is 2. The molecule has 3 heterocycles. The second-order valence-corrected chi connectivity index (χ2v) is 6.65. The Balaban J connectivity index is 1.71. The highest BCUT2D eigenvalue weighted by molar-refractivity contribution is 5.97. The molecule has 0 fully saturated rings. The SMILES string of the molecule is Cc1nc2c(C)cccn2c1CC(=O)N1c2ccccc2CC1C. The van der Waals surface area contributed by atoms with Gasteiger partial charge in [-0.25, -0.2) is 4.98 Å². The average molecular weight is 319 g/mol. The zero-order chi connectivity index (χ0) is 16.8. The van der Waals surface area contributed by atoms with Crippen molar-refractivity contribution in [3.8, 4) is 0 Å². The number of aryl methyl sites for hydroxylation is 2. The van der Waals surface area contributed by atoms with Gasteiger partial charge in [-0.3, -0.25) is 4.79 Å². The molecule has 0 N–H and O–H groups in total. The molecule has 3 aromatic rings. The van der Waals surface area contributed by atoms with Crippen molar-refractivity contribution < 1.29 is 4.79 Å². The van der Waals surface area contributed by atoms with Crippen LogP contribution < -0.4 is 4.90 Å². The summed E-state index contributed by atoms with van der Waals surface area (Å²) < 4.78 is 2.05. The molecule has 1 amide bonds. The van der Waals surface area contributed by atoms with E-state index in [1.54, 1.807) is 0 Å². The first-order valence-corrected chi connectivity index (χ1v) is 8.39. The highest BCUT2D eigenvalue weighted by Crippen LogP contribution is 2.32. The Morgan fingerprint density at radius 3 is 2.83 bits per heavy atom. The van der Waals surface area contributed by atoms with Gasteiger partial charge in [0.2, 0.25) is 5.91 Å². The number of carbonyl (C=O) groups excluding carboxylic acids is 1. The largest absolute Gasteiger partial charge is 0.309 e. The quantitative estimate of drug-likeness (QED) is 0.725. The van der Waals surface area contributed by atoms with Gasteiger partial charge < -0.3 is 9.30 Å². The maximum Gasteiger partial charge on any atom is 0.233 e. The molecule has 1 unspecified atom stereocenters. The van der Waals surface area contributed by atoms with Crippen LogP contribution in [0.2, 0.25) is 0 Å². The average Bonchev–Trinajstić information content (AvgIpc) is 3.05. The van der Waals surface area contributed by atoms with Crippen molar-refractivity contribution in [3.63, 3.8) is 0 Å². The Morgan fingerprint density at radius 2 is 2.00 bits per heavy atom. The Labute approximate surface area is 141 Å². The molecule has 0 bridgehead atoms. The molecule has 4 nitrogen and oxygen atoms in total. The van der Waals surface area contributed by atoms with Gasteiger partial charge >= 0.3 is 0 Å². The predicted octanol–water partition coefficient (Wildman–Crippen LogP) is 3.47. The summed E-state index contributed by atoms with van der Waals surface area (Å²) in [4.78, 5) is 19.6. The monoisotopic (exact) mass is 319 g/mol. The first kappa shape index (κ1) is 14.9. The number of benzene rings is 1. The van der Waals surface area contributed by atoms with Crippen LogP contribution in [0.15, 0.2) is 42.6 Å². The molecule has 0 radical (unpaired) electrons. The minimum Gasteiger partial charge on any atom is -0.309 e. The van der Waals surface area contributed by atoms with Crippen LogP contribution >= 0.6 is 0 Å². The van der Waals surface area contributed by atoms with Crippen LogP contribution in [-0.2, 0) is 17.6 Å².